The van der Waals surface area contributed by atoms with Crippen LogP contribution in [0.3, 0.4) is 0 Å². The number of piperidine rings is 1. The molecule has 1 N–H and O–H groups in total. The SMILES string of the molecule is CCCC1CC(NCC(C)(C)C)CN(CC#N)C1. The Morgan fingerprint density at radius 1 is 1.33 bits per heavy atom. The molecule has 1 saturated heterocycles. The van der Waals surface area contributed by atoms with Gasteiger partial charge in [0.1, 0.15) is 0 Å². The number of nitriles is 1. The summed E-state index contributed by atoms with van der Waals surface area (Å²) < 4.78 is 0. The first kappa shape index (κ1) is 15.5. The van der Waals surface area contributed by atoms with Crippen molar-refractivity contribution in [2.24, 2.45) is 11.3 Å². The second-order valence-electron chi connectivity index (χ2n) is 6.88. The molecule has 104 valence electrons. The minimum absolute atomic E-state index is 0.331. The number of hydrogen-bond acceptors (Lipinski definition) is 3. The Kier molecular flexibility index (Phi) is 6.11. The molecule has 0 aliphatic carbocycles. The van der Waals surface area contributed by atoms with Crippen molar-refractivity contribution in [1.29, 1.82) is 5.26 Å². The Morgan fingerprint density at radius 3 is 2.61 bits per heavy atom. The molecule has 3 heteroatoms. The van der Waals surface area contributed by atoms with Gasteiger partial charge in [0.15, 0.2) is 0 Å². The van der Waals surface area contributed by atoms with Crippen molar-refractivity contribution in [2.75, 3.05) is 26.2 Å². The van der Waals surface area contributed by atoms with Gasteiger partial charge in [-0.2, -0.15) is 5.26 Å². The minimum atomic E-state index is 0.331. The number of likely N-dealkylation sites (tertiary alicyclic amines) is 1. The fraction of sp³-hybridized carbons (Fsp3) is 0.933. The van der Waals surface area contributed by atoms with E-state index in [1.807, 2.05) is 0 Å². The van der Waals surface area contributed by atoms with Crippen LogP contribution in [-0.2, 0) is 0 Å². The van der Waals surface area contributed by atoms with E-state index >= 15 is 0 Å². The Labute approximate surface area is 113 Å². The third kappa shape index (κ3) is 5.84. The van der Waals surface area contributed by atoms with Crippen LogP contribution < -0.4 is 5.32 Å². The lowest BCUT2D eigenvalue weighted by Gasteiger charge is -2.38. The number of hydrogen-bond donors (Lipinski definition) is 1. The number of rotatable bonds is 5. The van der Waals surface area contributed by atoms with Gasteiger partial charge in [0.05, 0.1) is 12.6 Å². The summed E-state index contributed by atoms with van der Waals surface area (Å²) in [6.07, 6.45) is 3.80. The third-order valence-corrected chi connectivity index (χ3v) is 3.53. The molecule has 0 bridgehead atoms. The highest BCUT2D eigenvalue weighted by atomic mass is 15.2. The second-order valence-corrected chi connectivity index (χ2v) is 6.88. The van der Waals surface area contributed by atoms with Crippen LogP contribution in [0.25, 0.3) is 0 Å². The van der Waals surface area contributed by atoms with Crippen molar-refractivity contribution in [2.45, 2.75) is 53.0 Å². The molecule has 0 saturated carbocycles. The van der Waals surface area contributed by atoms with E-state index in [1.54, 1.807) is 0 Å². The lowest BCUT2D eigenvalue weighted by atomic mass is 9.89. The lowest BCUT2D eigenvalue weighted by molar-refractivity contribution is 0.143. The van der Waals surface area contributed by atoms with Crippen molar-refractivity contribution in [3.8, 4) is 6.07 Å². The van der Waals surface area contributed by atoms with E-state index in [1.165, 1.54) is 19.3 Å². The van der Waals surface area contributed by atoms with Gasteiger partial charge in [-0.15, -0.1) is 0 Å². The van der Waals surface area contributed by atoms with Gasteiger partial charge in [0.2, 0.25) is 0 Å². The molecule has 18 heavy (non-hydrogen) atoms. The van der Waals surface area contributed by atoms with Crippen molar-refractivity contribution >= 4 is 0 Å². The molecule has 1 fully saturated rings. The zero-order valence-electron chi connectivity index (χ0n) is 12.5. The average molecular weight is 251 g/mol. The first-order valence-corrected chi connectivity index (χ1v) is 7.27. The van der Waals surface area contributed by atoms with E-state index in [0.717, 1.165) is 25.6 Å². The van der Waals surface area contributed by atoms with Crippen molar-refractivity contribution in [3.63, 3.8) is 0 Å². The zero-order chi connectivity index (χ0) is 13.6. The quantitative estimate of drug-likeness (QED) is 0.764. The molecule has 0 aromatic carbocycles. The minimum Gasteiger partial charge on any atom is -0.312 e. The predicted octanol–water partition coefficient (Wildman–Crippen LogP) is 2.64. The summed E-state index contributed by atoms with van der Waals surface area (Å²) in [5, 5.41) is 12.6. The highest BCUT2D eigenvalue weighted by Gasteiger charge is 2.27. The van der Waals surface area contributed by atoms with Crippen LogP contribution in [0.1, 0.15) is 47.0 Å². The van der Waals surface area contributed by atoms with Gasteiger partial charge in [-0.05, 0) is 24.2 Å². The molecule has 2 atom stereocenters. The summed E-state index contributed by atoms with van der Waals surface area (Å²) in [4.78, 5) is 2.31. The summed E-state index contributed by atoms with van der Waals surface area (Å²) in [6.45, 7) is 12.8. The summed E-state index contributed by atoms with van der Waals surface area (Å²) in [6, 6.07) is 2.85. The smallest absolute Gasteiger partial charge is 0.0866 e. The van der Waals surface area contributed by atoms with Gasteiger partial charge < -0.3 is 5.32 Å². The number of nitrogens with zero attached hydrogens (tertiary/aromatic N) is 2. The summed E-state index contributed by atoms with van der Waals surface area (Å²) >= 11 is 0. The van der Waals surface area contributed by atoms with Crippen LogP contribution in [-0.4, -0.2) is 37.1 Å². The lowest BCUT2D eigenvalue weighted by Crippen LogP contribution is -2.50. The highest BCUT2D eigenvalue weighted by molar-refractivity contribution is 4.88. The van der Waals surface area contributed by atoms with Gasteiger partial charge >= 0.3 is 0 Å². The zero-order valence-corrected chi connectivity index (χ0v) is 12.5. The molecular weight excluding hydrogens is 222 g/mol. The fourth-order valence-electron chi connectivity index (χ4n) is 2.75. The van der Waals surface area contributed by atoms with E-state index in [4.69, 9.17) is 5.26 Å². The molecule has 0 aromatic rings. The molecule has 3 nitrogen and oxygen atoms in total. The molecule has 0 radical (unpaired) electrons. The summed E-state index contributed by atoms with van der Waals surface area (Å²) in [7, 11) is 0. The maximum absolute atomic E-state index is 8.87. The highest BCUT2D eigenvalue weighted by Crippen LogP contribution is 2.22. The van der Waals surface area contributed by atoms with Crippen LogP contribution in [0.4, 0.5) is 0 Å². The average Bonchev–Trinajstić information content (AvgIpc) is 2.26. The van der Waals surface area contributed by atoms with E-state index < -0.39 is 0 Å². The van der Waals surface area contributed by atoms with Crippen LogP contribution in [0.2, 0.25) is 0 Å². The first-order chi connectivity index (χ1) is 8.44. The Balaban J connectivity index is 2.48. The van der Waals surface area contributed by atoms with Gasteiger partial charge in [-0.1, -0.05) is 34.1 Å². The predicted molar refractivity (Wildman–Crippen MR) is 76.3 cm³/mol. The summed E-state index contributed by atoms with van der Waals surface area (Å²) in [5.74, 6) is 0.759. The number of nitrogens with one attached hydrogen (secondary N) is 1. The van der Waals surface area contributed by atoms with Crippen LogP contribution in [0.15, 0.2) is 0 Å². The fourth-order valence-corrected chi connectivity index (χ4v) is 2.75. The maximum Gasteiger partial charge on any atom is 0.0866 e. The largest absolute Gasteiger partial charge is 0.312 e. The van der Waals surface area contributed by atoms with Crippen LogP contribution >= 0.6 is 0 Å². The molecule has 1 rings (SSSR count). The monoisotopic (exact) mass is 251 g/mol. The Hall–Kier alpha value is -0.590. The third-order valence-electron chi connectivity index (χ3n) is 3.53. The van der Waals surface area contributed by atoms with E-state index in [9.17, 15) is 0 Å². The molecule has 2 unspecified atom stereocenters. The van der Waals surface area contributed by atoms with Gasteiger partial charge in [0, 0.05) is 25.7 Å². The Morgan fingerprint density at radius 2 is 2.06 bits per heavy atom. The van der Waals surface area contributed by atoms with E-state index in [0.29, 0.717) is 18.0 Å². The molecule has 0 aromatic heterocycles. The van der Waals surface area contributed by atoms with Crippen molar-refractivity contribution in [1.82, 2.24) is 10.2 Å². The van der Waals surface area contributed by atoms with Gasteiger partial charge in [-0.25, -0.2) is 0 Å². The standard InChI is InChI=1S/C15H29N3/c1-5-6-13-9-14(17-12-15(2,3)4)11-18(10-13)8-7-16/h13-14,17H,5-6,8-12H2,1-4H3. The van der Waals surface area contributed by atoms with Gasteiger partial charge in [0.25, 0.3) is 0 Å². The molecule has 1 aliphatic rings. The summed E-state index contributed by atoms with van der Waals surface area (Å²) in [5.41, 5.74) is 0.331. The van der Waals surface area contributed by atoms with Crippen molar-refractivity contribution < 1.29 is 0 Å². The molecule has 1 heterocycles. The Bertz CT molecular complexity index is 274. The first-order valence-electron chi connectivity index (χ1n) is 7.27. The molecule has 0 spiro atoms. The molecule has 1 aliphatic heterocycles. The normalized spacial score (nSPS) is 25.9. The van der Waals surface area contributed by atoms with Gasteiger partial charge in [-0.3, -0.25) is 4.90 Å². The molecule has 0 amide bonds. The van der Waals surface area contributed by atoms with Crippen LogP contribution in [0.5, 0.6) is 0 Å². The van der Waals surface area contributed by atoms with Crippen LogP contribution in [0, 0.1) is 22.7 Å². The van der Waals surface area contributed by atoms with E-state index in [-0.39, 0.29) is 0 Å². The topological polar surface area (TPSA) is 39.1 Å². The van der Waals surface area contributed by atoms with Crippen molar-refractivity contribution in [3.05, 3.63) is 0 Å². The maximum atomic E-state index is 8.87. The second kappa shape index (κ2) is 7.11. The van der Waals surface area contributed by atoms with E-state index in [2.05, 4.69) is 44.0 Å². The molecular formula is C15H29N3.